The summed E-state index contributed by atoms with van der Waals surface area (Å²) >= 11 is 1.28. The predicted molar refractivity (Wildman–Crippen MR) is 97.1 cm³/mol. The van der Waals surface area contributed by atoms with E-state index in [0.717, 1.165) is 17.8 Å². The van der Waals surface area contributed by atoms with Crippen molar-refractivity contribution in [3.8, 4) is 5.95 Å². The van der Waals surface area contributed by atoms with Crippen LogP contribution in [0.4, 0.5) is 0 Å². The number of carbonyl (C=O) groups excluding carboxylic acids is 1. The van der Waals surface area contributed by atoms with E-state index in [4.69, 9.17) is 5.84 Å². The van der Waals surface area contributed by atoms with Gasteiger partial charge in [0.2, 0.25) is 11.1 Å². The molecule has 136 valence electrons. The third kappa shape index (κ3) is 3.97. The Kier molecular flexibility index (Phi) is 5.31. The molecule has 0 saturated heterocycles. The summed E-state index contributed by atoms with van der Waals surface area (Å²) in [5, 5.41) is 16.2. The molecule has 0 aromatic carbocycles. The molecule has 1 aliphatic rings. The number of amides is 1. The first-order chi connectivity index (χ1) is 12.0. The average molecular weight is 363 g/mol. The second-order valence-electron chi connectivity index (χ2n) is 6.72. The Morgan fingerprint density at radius 3 is 2.80 bits per heavy atom. The summed E-state index contributed by atoms with van der Waals surface area (Å²) in [4.78, 5) is 12.2. The topological polar surface area (TPSA) is 104 Å². The van der Waals surface area contributed by atoms with Gasteiger partial charge in [-0.2, -0.15) is 5.10 Å². The normalized spacial score (nSPS) is 20.6. The minimum absolute atomic E-state index is 0.0133. The molecule has 2 heterocycles. The van der Waals surface area contributed by atoms with Crippen LogP contribution in [0.25, 0.3) is 5.95 Å². The SMILES string of the molecule is Cc1cc(C)n(-c2nnc(SCC(=O)N[C@H]3CCCC[C@@H]3C)n2N)n1. The monoisotopic (exact) mass is 363 g/mol. The van der Waals surface area contributed by atoms with Gasteiger partial charge in [0.15, 0.2) is 0 Å². The van der Waals surface area contributed by atoms with Crippen molar-refractivity contribution in [1.29, 1.82) is 0 Å². The van der Waals surface area contributed by atoms with Crippen molar-refractivity contribution in [1.82, 2.24) is 30.0 Å². The van der Waals surface area contributed by atoms with Gasteiger partial charge in [-0.25, -0.2) is 9.36 Å². The summed E-state index contributed by atoms with van der Waals surface area (Å²) in [5.74, 6) is 7.35. The molecule has 2 atom stereocenters. The lowest BCUT2D eigenvalue weighted by Crippen LogP contribution is -2.41. The standard InChI is InChI=1S/C16H25N7OS/c1-10-6-4-5-7-13(10)18-14(24)9-25-16-20-19-15(22(16)17)23-12(3)8-11(2)21-23/h8,10,13H,4-7,9,17H2,1-3H3,(H,18,24)/t10-,13-/m0/s1. The molecular weight excluding hydrogens is 338 g/mol. The second-order valence-corrected chi connectivity index (χ2v) is 7.66. The van der Waals surface area contributed by atoms with Gasteiger partial charge in [0.25, 0.3) is 5.95 Å². The number of hydrogen-bond donors (Lipinski definition) is 2. The third-order valence-electron chi connectivity index (χ3n) is 4.64. The zero-order chi connectivity index (χ0) is 18.0. The molecule has 1 amide bonds. The summed E-state index contributed by atoms with van der Waals surface area (Å²) in [6.45, 7) is 6.04. The van der Waals surface area contributed by atoms with E-state index in [-0.39, 0.29) is 17.7 Å². The fraction of sp³-hybridized carbons (Fsp3) is 0.625. The van der Waals surface area contributed by atoms with E-state index in [0.29, 0.717) is 17.0 Å². The number of nitrogens with zero attached hydrogens (tertiary/aromatic N) is 5. The Morgan fingerprint density at radius 2 is 2.12 bits per heavy atom. The highest BCUT2D eigenvalue weighted by molar-refractivity contribution is 7.99. The van der Waals surface area contributed by atoms with Crippen LogP contribution in [0.15, 0.2) is 11.2 Å². The Hall–Kier alpha value is -2.03. The van der Waals surface area contributed by atoms with Crippen molar-refractivity contribution in [3.63, 3.8) is 0 Å². The molecule has 3 N–H and O–H groups in total. The average Bonchev–Trinajstić information content (AvgIpc) is 3.09. The van der Waals surface area contributed by atoms with Crippen molar-refractivity contribution in [2.45, 2.75) is 57.7 Å². The molecule has 2 aromatic rings. The lowest BCUT2D eigenvalue weighted by molar-refractivity contribution is -0.119. The van der Waals surface area contributed by atoms with Gasteiger partial charge >= 0.3 is 0 Å². The molecule has 3 rings (SSSR count). The predicted octanol–water partition coefficient (Wildman–Crippen LogP) is 1.58. The minimum Gasteiger partial charge on any atom is -0.352 e. The van der Waals surface area contributed by atoms with E-state index in [1.165, 1.54) is 35.7 Å². The summed E-state index contributed by atoms with van der Waals surface area (Å²) in [6.07, 6.45) is 4.69. The molecule has 0 spiro atoms. The molecule has 2 aromatic heterocycles. The minimum atomic E-state index is 0.0133. The largest absolute Gasteiger partial charge is 0.352 e. The summed E-state index contributed by atoms with van der Waals surface area (Å²) < 4.78 is 3.02. The van der Waals surface area contributed by atoms with Crippen molar-refractivity contribution >= 4 is 17.7 Å². The summed E-state index contributed by atoms with van der Waals surface area (Å²) in [6, 6.07) is 2.23. The number of hydrogen-bond acceptors (Lipinski definition) is 6. The molecule has 1 saturated carbocycles. The van der Waals surface area contributed by atoms with Crippen LogP contribution in [-0.2, 0) is 4.79 Å². The van der Waals surface area contributed by atoms with Gasteiger partial charge in [0.05, 0.1) is 11.4 Å². The van der Waals surface area contributed by atoms with Crippen LogP contribution in [0.2, 0.25) is 0 Å². The van der Waals surface area contributed by atoms with Gasteiger partial charge in [-0.3, -0.25) is 4.79 Å². The Labute approximate surface area is 151 Å². The number of nitrogens with two attached hydrogens (primary N) is 1. The highest BCUT2D eigenvalue weighted by atomic mass is 32.2. The van der Waals surface area contributed by atoms with E-state index in [9.17, 15) is 4.79 Å². The first kappa shape index (κ1) is 17.8. The van der Waals surface area contributed by atoms with Gasteiger partial charge in [-0.05, 0) is 38.7 Å². The zero-order valence-corrected chi connectivity index (χ0v) is 15.7. The number of nitrogen functional groups attached to an aromatic ring is 1. The molecule has 25 heavy (non-hydrogen) atoms. The Bertz CT molecular complexity index is 754. The molecule has 8 nitrogen and oxygen atoms in total. The second kappa shape index (κ2) is 7.47. The zero-order valence-electron chi connectivity index (χ0n) is 14.9. The van der Waals surface area contributed by atoms with E-state index in [1.54, 1.807) is 4.68 Å². The first-order valence-corrected chi connectivity index (χ1v) is 9.60. The molecule has 0 bridgehead atoms. The molecule has 1 aliphatic carbocycles. The highest BCUT2D eigenvalue weighted by Crippen LogP contribution is 2.24. The van der Waals surface area contributed by atoms with Crippen LogP contribution < -0.4 is 11.2 Å². The smallest absolute Gasteiger partial charge is 0.271 e. The van der Waals surface area contributed by atoms with Crippen LogP contribution in [0.5, 0.6) is 0 Å². The van der Waals surface area contributed by atoms with Crippen LogP contribution >= 0.6 is 11.8 Å². The lowest BCUT2D eigenvalue weighted by atomic mass is 9.86. The number of nitrogens with one attached hydrogen (secondary N) is 1. The van der Waals surface area contributed by atoms with E-state index < -0.39 is 0 Å². The molecular formula is C16H25N7OS. The van der Waals surface area contributed by atoms with Crippen LogP contribution in [-0.4, -0.2) is 42.4 Å². The van der Waals surface area contributed by atoms with Gasteiger partial charge in [0.1, 0.15) is 0 Å². The van der Waals surface area contributed by atoms with Gasteiger partial charge in [-0.15, -0.1) is 10.2 Å². The van der Waals surface area contributed by atoms with E-state index in [1.807, 2.05) is 19.9 Å². The molecule has 1 fully saturated rings. The molecule has 0 unspecified atom stereocenters. The highest BCUT2D eigenvalue weighted by Gasteiger charge is 2.23. The fourth-order valence-corrected chi connectivity index (χ4v) is 3.92. The Morgan fingerprint density at radius 1 is 1.36 bits per heavy atom. The van der Waals surface area contributed by atoms with Crippen molar-refractivity contribution in [2.24, 2.45) is 5.92 Å². The molecule has 9 heteroatoms. The van der Waals surface area contributed by atoms with Crippen LogP contribution in [0, 0.1) is 19.8 Å². The first-order valence-electron chi connectivity index (χ1n) is 8.62. The van der Waals surface area contributed by atoms with Crippen molar-refractivity contribution < 1.29 is 4.79 Å². The van der Waals surface area contributed by atoms with E-state index >= 15 is 0 Å². The van der Waals surface area contributed by atoms with Crippen LogP contribution in [0.3, 0.4) is 0 Å². The van der Waals surface area contributed by atoms with E-state index in [2.05, 4.69) is 27.5 Å². The maximum Gasteiger partial charge on any atom is 0.271 e. The summed E-state index contributed by atoms with van der Waals surface area (Å²) in [7, 11) is 0. The van der Waals surface area contributed by atoms with Gasteiger partial charge in [0, 0.05) is 11.7 Å². The van der Waals surface area contributed by atoms with Gasteiger partial charge in [-0.1, -0.05) is 31.5 Å². The van der Waals surface area contributed by atoms with Crippen LogP contribution in [0.1, 0.15) is 44.0 Å². The Balaban J connectivity index is 1.60. The number of carbonyl (C=O) groups is 1. The summed E-state index contributed by atoms with van der Waals surface area (Å²) in [5.41, 5.74) is 1.81. The van der Waals surface area contributed by atoms with Crippen molar-refractivity contribution in [3.05, 3.63) is 17.5 Å². The third-order valence-corrected chi connectivity index (χ3v) is 5.58. The number of rotatable bonds is 5. The maximum absolute atomic E-state index is 12.2. The maximum atomic E-state index is 12.2. The number of aromatic nitrogens is 5. The fourth-order valence-electron chi connectivity index (χ4n) is 3.25. The van der Waals surface area contributed by atoms with Crippen molar-refractivity contribution in [2.75, 3.05) is 11.6 Å². The van der Waals surface area contributed by atoms with Gasteiger partial charge < -0.3 is 11.2 Å². The molecule has 0 aliphatic heterocycles. The molecule has 0 radical (unpaired) electrons. The number of thioether (sulfide) groups is 1. The number of aryl methyl sites for hydroxylation is 2. The lowest BCUT2D eigenvalue weighted by Gasteiger charge is -2.29. The quantitative estimate of drug-likeness (QED) is 0.617.